The van der Waals surface area contributed by atoms with Crippen molar-refractivity contribution in [3.63, 3.8) is 0 Å². The van der Waals surface area contributed by atoms with E-state index >= 15 is 0 Å². The molecular formula is C14H17ClFNO3. The van der Waals surface area contributed by atoms with Crippen molar-refractivity contribution in [2.75, 3.05) is 6.54 Å². The monoisotopic (exact) mass is 301 g/mol. The molecule has 0 aliphatic heterocycles. The van der Waals surface area contributed by atoms with Gasteiger partial charge < -0.3 is 10.0 Å². The maximum atomic E-state index is 13.7. The average molecular weight is 302 g/mol. The maximum Gasteiger partial charge on any atom is 0.303 e. The van der Waals surface area contributed by atoms with Crippen LogP contribution in [0, 0.1) is 5.82 Å². The molecule has 0 heterocycles. The Labute approximate surface area is 122 Å². The smallest absolute Gasteiger partial charge is 0.303 e. The van der Waals surface area contributed by atoms with Gasteiger partial charge in [0, 0.05) is 19.0 Å². The van der Waals surface area contributed by atoms with Gasteiger partial charge in [-0.25, -0.2) is 4.39 Å². The minimum atomic E-state index is -0.926. The zero-order chi connectivity index (χ0) is 15.3. The first-order chi connectivity index (χ1) is 9.34. The lowest BCUT2D eigenvalue weighted by atomic mass is 10.1. The van der Waals surface area contributed by atoms with Gasteiger partial charge in [-0.3, -0.25) is 9.59 Å². The molecule has 110 valence electrons. The van der Waals surface area contributed by atoms with E-state index in [-0.39, 0.29) is 29.6 Å². The number of rotatable bonds is 6. The number of amides is 1. The largest absolute Gasteiger partial charge is 0.481 e. The molecule has 0 aliphatic carbocycles. The molecule has 4 nitrogen and oxygen atoms in total. The van der Waals surface area contributed by atoms with Crippen LogP contribution in [0.2, 0.25) is 5.02 Å². The van der Waals surface area contributed by atoms with Crippen LogP contribution in [0.4, 0.5) is 4.39 Å². The molecule has 0 saturated heterocycles. The minimum absolute atomic E-state index is 0.0402. The Morgan fingerprint density at radius 1 is 1.40 bits per heavy atom. The molecule has 0 atom stereocenters. The van der Waals surface area contributed by atoms with Gasteiger partial charge in [0.25, 0.3) is 5.91 Å². The Morgan fingerprint density at radius 2 is 2.05 bits per heavy atom. The van der Waals surface area contributed by atoms with E-state index in [1.807, 2.05) is 0 Å². The predicted octanol–water partition coefficient (Wildman–Crippen LogP) is 3.19. The Hall–Kier alpha value is -1.62. The van der Waals surface area contributed by atoms with Crippen LogP contribution in [0.5, 0.6) is 0 Å². The minimum Gasteiger partial charge on any atom is -0.481 e. The summed E-state index contributed by atoms with van der Waals surface area (Å²) in [5, 5.41) is 8.68. The van der Waals surface area contributed by atoms with E-state index in [9.17, 15) is 14.0 Å². The van der Waals surface area contributed by atoms with Gasteiger partial charge in [-0.05, 0) is 32.4 Å². The van der Waals surface area contributed by atoms with Crippen LogP contribution in [0.1, 0.15) is 37.0 Å². The summed E-state index contributed by atoms with van der Waals surface area (Å²) < 4.78 is 13.7. The molecule has 1 N–H and O–H groups in total. The van der Waals surface area contributed by atoms with Gasteiger partial charge in [-0.15, -0.1) is 0 Å². The second-order valence-electron chi connectivity index (χ2n) is 4.69. The van der Waals surface area contributed by atoms with Gasteiger partial charge >= 0.3 is 5.97 Å². The number of aliphatic carboxylic acids is 1. The summed E-state index contributed by atoms with van der Waals surface area (Å²) in [6.45, 7) is 3.81. The van der Waals surface area contributed by atoms with E-state index in [1.165, 1.54) is 23.1 Å². The number of hydrogen-bond donors (Lipinski definition) is 1. The van der Waals surface area contributed by atoms with Gasteiger partial charge in [-0.1, -0.05) is 17.7 Å². The number of hydrogen-bond acceptors (Lipinski definition) is 2. The van der Waals surface area contributed by atoms with E-state index in [4.69, 9.17) is 16.7 Å². The summed E-state index contributed by atoms with van der Waals surface area (Å²) in [4.78, 5) is 24.3. The quantitative estimate of drug-likeness (QED) is 0.878. The third-order valence-electron chi connectivity index (χ3n) is 2.85. The second-order valence-corrected chi connectivity index (χ2v) is 5.09. The van der Waals surface area contributed by atoms with Crippen molar-refractivity contribution in [3.05, 3.63) is 34.6 Å². The molecule has 0 bridgehead atoms. The van der Waals surface area contributed by atoms with Crippen molar-refractivity contribution in [3.8, 4) is 0 Å². The molecule has 0 aromatic heterocycles. The highest BCUT2D eigenvalue weighted by Crippen LogP contribution is 2.22. The third kappa shape index (κ3) is 4.20. The van der Waals surface area contributed by atoms with Crippen LogP contribution >= 0.6 is 11.6 Å². The number of benzene rings is 1. The van der Waals surface area contributed by atoms with Crippen LogP contribution in [0.15, 0.2) is 18.2 Å². The third-order valence-corrected chi connectivity index (χ3v) is 3.17. The van der Waals surface area contributed by atoms with Gasteiger partial charge in [0.1, 0.15) is 5.82 Å². The van der Waals surface area contributed by atoms with Crippen LogP contribution in [-0.4, -0.2) is 34.5 Å². The lowest BCUT2D eigenvalue weighted by Gasteiger charge is -2.27. The van der Waals surface area contributed by atoms with Crippen LogP contribution in [0.3, 0.4) is 0 Å². The number of carbonyl (C=O) groups is 2. The maximum absolute atomic E-state index is 13.7. The second kappa shape index (κ2) is 7.24. The highest BCUT2D eigenvalue weighted by molar-refractivity contribution is 6.33. The fourth-order valence-electron chi connectivity index (χ4n) is 1.84. The van der Waals surface area contributed by atoms with E-state index in [0.717, 1.165) is 0 Å². The molecule has 1 amide bonds. The van der Waals surface area contributed by atoms with Gasteiger partial charge in [0.05, 0.1) is 10.6 Å². The topological polar surface area (TPSA) is 57.6 Å². The van der Waals surface area contributed by atoms with Gasteiger partial charge in [-0.2, -0.15) is 0 Å². The van der Waals surface area contributed by atoms with Crippen molar-refractivity contribution in [1.29, 1.82) is 0 Å². The summed E-state index contributed by atoms with van der Waals surface area (Å²) in [5.74, 6) is -2.12. The molecule has 0 radical (unpaired) electrons. The highest BCUT2D eigenvalue weighted by Gasteiger charge is 2.23. The lowest BCUT2D eigenvalue weighted by Crippen LogP contribution is -2.38. The standard InChI is InChI=1S/C14H17ClFNO3/c1-9(2)17(8-4-7-12(18)19)14(20)13-10(15)5-3-6-11(13)16/h3,5-6,9H,4,7-8H2,1-2H3,(H,18,19). The number of carboxylic acid groups (broad SMARTS) is 1. The summed E-state index contributed by atoms with van der Waals surface area (Å²) >= 11 is 5.88. The molecule has 0 spiro atoms. The van der Waals surface area contributed by atoms with E-state index in [1.54, 1.807) is 13.8 Å². The molecule has 0 fully saturated rings. The fraction of sp³-hybridized carbons (Fsp3) is 0.429. The molecule has 6 heteroatoms. The molecule has 1 rings (SSSR count). The van der Waals surface area contributed by atoms with Crippen molar-refractivity contribution in [2.24, 2.45) is 0 Å². The zero-order valence-electron chi connectivity index (χ0n) is 11.4. The van der Waals surface area contributed by atoms with Crippen molar-refractivity contribution < 1.29 is 19.1 Å². The number of nitrogens with zero attached hydrogens (tertiary/aromatic N) is 1. The van der Waals surface area contributed by atoms with Crippen LogP contribution < -0.4 is 0 Å². The van der Waals surface area contributed by atoms with Crippen LogP contribution in [-0.2, 0) is 4.79 Å². The molecule has 20 heavy (non-hydrogen) atoms. The normalized spacial score (nSPS) is 10.7. The summed E-state index contributed by atoms with van der Waals surface area (Å²) in [6.07, 6.45) is 0.271. The predicted molar refractivity (Wildman–Crippen MR) is 74.5 cm³/mol. The van der Waals surface area contributed by atoms with Crippen LogP contribution in [0.25, 0.3) is 0 Å². The lowest BCUT2D eigenvalue weighted by molar-refractivity contribution is -0.137. The molecule has 1 aromatic rings. The first-order valence-corrected chi connectivity index (χ1v) is 6.69. The summed E-state index contributed by atoms with van der Waals surface area (Å²) in [5.41, 5.74) is -0.168. The molecule has 0 saturated carbocycles. The Kier molecular flexibility index (Phi) is 5.95. The van der Waals surface area contributed by atoms with Gasteiger partial charge in [0.2, 0.25) is 0 Å². The Bertz CT molecular complexity index is 485. The van der Waals surface area contributed by atoms with Gasteiger partial charge in [0.15, 0.2) is 0 Å². The molecule has 1 aromatic carbocycles. The summed E-state index contributed by atoms with van der Waals surface area (Å²) in [6, 6.07) is 3.88. The van der Waals surface area contributed by atoms with E-state index < -0.39 is 17.7 Å². The number of carbonyl (C=O) groups excluding carboxylic acids is 1. The van der Waals surface area contributed by atoms with E-state index in [0.29, 0.717) is 6.42 Å². The number of carboxylic acids is 1. The first-order valence-electron chi connectivity index (χ1n) is 6.31. The fourth-order valence-corrected chi connectivity index (χ4v) is 2.08. The van der Waals surface area contributed by atoms with Crippen molar-refractivity contribution in [2.45, 2.75) is 32.7 Å². The first kappa shape index (κ1) is 16.4. The number of halogens is 2. The molecular weight excluding hydrogens is 285 g/mol. The Balaban J connectivity index is 2.91. The van der Waals surface area contributed by atoms with Crippen molar-refractivity contribution in [1.82, 2.24) is 4.90 Å². The molecule has 0 aliphatic rings. The Morgan fingerprint density at radius 3 is 2.55 bits per heavy atom. The van der Waals surface area contributed by atoms with Crippen molar-refractivity contribution >= 4 is 23.5 Å². The molecule has 0 unspecified atom stereocenters. The zero-order valence-corrected chi connectivity index (χ0v) is 12.2. The highest BCUT2D eigenvalue weighted by atomic mass is 35.5. The SMILES string of the molecule is CC(C)N(CCCC(=O)O)C(=O)c1c(F)cccc1Cl. The average Bonchev–Trinajstić information content (AvgIpc) is 2.33. The van der Waals surface area contributed by atoms with E-state index in [2.05, 4.69) is 0 Å². The summed E-state index contributed by atoms with van der Waals surface area (Å²) in [7, 11) is 0.